The lowest BCUT2D eigenvalue weighted by atomic mass is 10.2. The van der Waals surface area contributed by atoms with E-state index in [2.05, 4.69) is 4.72 Å². The molecule has 1 aromatic carbocycles. The van der Waals surface area contributed by atoms with E-state index >= 15 is 0 Å². The number of hydrogen-bond donors (Lipinski definition) is 1. The third kappa shape index (κ3) is 6.12. The van der Waals surface area contributed by atoms with Crippen LogP contribution in [0.4, 0.5) is 4.39 Å². The van der Waals surface area contributed by atoms with Crippen molar-refractivity contribution in [2.24, 2.45) is 0 Å². The van der Waals surface area contributed by atoms with Crippen LogP contribution >= 0.6 is 11.8 Å². The molecule has 130 valence electrons. The average Bonchev–Trinajstić information content (AvgIpc) is 2.45. The molecule has 0 saturated heterocycles. The maximum Gasteiger partial charge on any atom is 0.324 e. The van der Waals surface area contributed by atoms with Crippen molar-refractivity contribution in [3.8, 4) is 0 Å². The van der Waals surface area contributed by atoms with E-state index in [0.717, 1.165) is 6.07 Å². The van der Waals surface area contributed by atoms with Gasteiger partial charge in [0, 0.05) is 0 Å². The Balaban J connectivity index is 3.04. The zero-order chi connectivity index (χ0) is 17.6. The quantitative estimate of drug-likeness (QED) is 0.719. The Morgan fingerprint density at radius 1 is 1.39 bits per heavy atom. The molecular weight excluding hydrogens is 341 g/mol. The first-order valence-corrected chi connectivity index (χ1v) is 10.0. The third-order valence-corrected chi connectivity index (χ3v) is 5.24. The van der Waals surface area contributed by atoms with Crippen LogP contribution in [-0.2, 0) is 19.6 Å². The highest BCUT2D eigenvalue weighted by atomic mass is 32.2. The number of nitrogens with one attached hydrogen (secondary N) is 1. The average molecular weight is 363 g/mol. The zero-order valence-electron chi connectivity index (χ0n) is 13.6. The highest BCUT2D eigenvalue weighted by Gasteiger charge is 2.28. The fourth-order valence-corrected chi connectivity index (χ4v) is 3.84. The van der Waals surface area contributed by atoms with Crippen LogP contribution in [0.3, 0.4) is 0 Å². The van der Waals surface area contributed by atoms with Crippen LogP contribution in [-0.4, -0.2) is 38.5 Å². The minimum absolute atomic E-state index is 0.177. The minimum Gasteiger partial charge on any atom is -0.462 e. The van der Waals surface area contributed by atoms with E-state index < -0.39 is 27.9 Å². The smallest absolute Gasteiger partial charge is 0.324 e. The van der Waals surface area contributed by atoms with Crippen molar-refractivity contribution in [3.63, 3.8) is 0 Å². The van der Waals surface area contributed by atoms with Gasteiger partial charge < -0.3 is 4.74 Å². The van der Waals surface area contributed by atoms with Crippen LogP contribution in [0.1, 0.15) is 25.8 Å². The number of thioether (sulfide) groups is 1. The molecular formula is C15H22FNO4S2. The normalized spacial score (nSPS) is 13.1. The first-order valence-electron chi connectivity index (χ1n) is 7.15. The van der Waals surface area contributed by atoms with E-state index in [1.54, 1.807) is 20.8 Å². The molecule has 1 rings (SSSR count). The largest absolute Gasteiger partial charge is 0.462 e. The molecule has 0 bridgehead atoms. The Morgan fingerprint density at radius 2 is 2.04 bits per heavy atom. The van der Waals surface area contributed by atoms with Crippen LogP contribution in [0.2, 0.25) is 0 Å². The lowest BCUT2D eigenvalue weighted by molar-refractivity contribution is -0.149. The summed E-state index contributed by atoms with van der Waals surface area (Å²) >= 11 is 1.49. The Bertz CT molecular complexity index is 647. The van der Waals surface area contributed by atoms with Crippen molar-refractivity contribution in [1.82, 2.24) is 4.72 Å². The fourth-order valence-electron chi connectivity index (χ4n) is 1.89. The number of ether oxygens (including phenoxy) is 1. The number of halogens is 1. The number of carbonyl (C=O) groups excluding carboxylic acids is 1. The highest BCUT2D eigenvalue weighted by Crippen LogP contribution is 2.18. The van der Waals surface area contributed by atoms with Gasteiger partial charge in [-0.2, -0.15) is 16.5 Å². The fraction of sp³-hybridized carbons (Fsp3) is 0.533. The Morgan fingerprint density at radius 3 is 2.61 bits per heavy atom. The molecule has 1 N–H and O–H groups in total. The number of rotatable bonds is 8. The summed E-state index contributed by atoms with van der Waals surface area (Å²) in [4.78, 5) is 11.9. The number of esters is 1. The van der Waals surface area contributed by atoms with E-state index in [4.69, 9.17) is 4.74 Å². The lowest BCUT2D eigenvalue weighted by Gasteiger charge is -2.19. The van der Waals surface area contributed by atoms with Crippen molar-refractivity contribution in [2.45, 2.75) is 44.2 Å². The predicted molar refractivity (Wildman–Crippen MR) is 89.5 cm³/mol. The van der Waals surface area contributed by atoms with Crippen LogP contribution < -0.4 is 4.72 Å². The summed E-state index contributed by atoms with van der Waals surface area (Å²) in [6, 6.07) is 2.51. The Kier molecular flexibility index (Phi) is 7.50. The van der Waals surface area contributed by atoms with Gasteiger partial charge in [-0.3, -0.25) is 4.79 Å². The summed E-state index contributed by atoms with van der Waals surface area (Å²) in [7, 11) is -4.02. The number of hydrogen-bond acceptors (Lipinski definition) is 5. The maximum absolute atomic E-state index is 13.4. The van der Waals surface area contributed by atoms with Crippen molar-refractivity contribution in [3.05, 3.63) is 29.6 Å². The number of benzene rings is 1. The van der Waals surface area contributed by atoms with Crippen LogP contribution in [0.15, 0.2) is 23.1 Å². The van der Waals surface area contributed by atoms with Gasteiger partial charge in [0.2, 0.25) is 10.0 Å². The van der Waals surface area contributed by atoms with Gasteiger partial charge in [-0.15, -0.1) is 0 Å². The van der Waals surface area contributed by atoms with Crippen LogP contribution in [0.25, 0.3) is 0 Å². The van der Waals surface area contributed by atoms with E-state index in [0.29, 0.717) is 17.7 Å². The first kappa shape index (κ1) is 19.9. The van der Waals surface area contributed by atoms with Gasteiger partial charge in [-0.1, -0.05) is 6.07 Å². The molecule has 0 saturated carbocycles. The number of carbonyl (C=O) groups is 1. The second kappa shape index (κ2) is 8.65. The third-order valence-electron chi connectivity index (χ3n) is 2.98. The first-order chi connectivity index (χ1) is 10.7. The standard InChI is InChI=1S/C15H22FNO4S2/c1-10(2)21-15(18)13(7-8-22-4)17-23(19,20)14-9-12(16)6-5-11(14)3/h5-6,9-10,13,17H,7-8H2,1-4H3/t13-/m0/s1. The zero-order valence-corrected chi connectivity index (χ0v) is 15.3. The molecule has 0 aromatic heterocycles. The molecule has 0 radical (unpaired) electrons. The minimum atomic E-state index is -4.02. The van der Waals surface area contributed by atoms with Crippen LogP contribution in [0, 0.1) is 12.7 Å². The van der Waals surface area contributed by atoms with Gasteiger partial charge >= 0.3 is 5.97 Å². The van der Waals surface area contributed by atoms with Crippen molar-refractivity contribution >= 4 is 27.8 Å². The Hall–Kier alpha value is -1.12. The van der Waals surface area contributed by atoms with Gasteiger partial charge in [0.15, 0.2) is 0 Å². The monoisotopic (exact) mass is 363 g/mol. The summed E-state index contributed by atoms with van der Waals surface area (Å²) in [5.74, 6) is -0.698. The summed E-state index contributed by atoms with van der Waals surface area (Å²) in [5, 5.41) is 0. The SMILES string of the molecule is CSCC[C@H](NS(=O)(=O)c1cc(F)ccc1C)C(=O)OC(C)C. The molecule has 0 heterocycles. The van der Waals surface area contributed by atoms with E-state index in [9.17, 15) is 17.6 Å². The molecule has 0 aliphatic rings. The molecule has 0 aliphatic carbocycles. The predicted octanol–water partition coefficient (Wildman–Crippen LogP) is 2.49. The summed E-state index contributed by atoms with van der Waals surface area (Å²) in [5.41, 5.74) is 0.403. The van der Waals surface area contributed by atoms with Gasteiger partial charge in [0.1, 0.15) is 11.9 Å². The van der Waals surface area contributed by atoms with E-state index in [1.807, 2.05) is 6.26 Å². The number of sulfonamides is 1. The molecule has 5 nitrogen and oxygen atoms in total. The highest BCUT2D eigenvalue weighted by molar-refractivity contribution is 7.98. The van der Waals surface area contributed by atoms with Crippen LogP contribution in [0.5, 0.6) is 0 Å². The van der Waals surface area contributed by atoms with Crippen molar-refractivity contribution in [2.75, 3.05) is 12.0 Å². The molecule has 0 unspecified atom stereocenters. The summed E-state index contributed by atoms with van der Waals surface area (Å²) in [6.07, 6.45) is 1.80. The van der Waals surface area contributed by atoms with Crippen molar-refractivity contribution in [1.29, 1.82) is 0 Å². The lowest BCUT2D eigenvalue weighted by Crippen LogP contribution is -2.43. The Labute approximate surface area is 141 Å². The summed E-state index contributed by atoms with van der Waals surface area (Å²) < 4.78 is 45.7. The second-order valence-electron chi connectivity index (χ2n) is 5.35. The molecule has 8 heteroatoms. The second-order valence-corrected chi connectivity index (χ2v) is 8.02. The molecule has 0 fully saturated rings. The van der Waals surface area contributed by atoms with Gasteiger partial charge in [0.05, 0.1) is 11.0 Å². The maximum atomic E-state index is 13.4. The molecule has 0 aliphatic heterocycles. The topological polar surface area (TPSA) is 72.5 Å². The molecule has 0 spiro atoms. The van der Waals surface area contributed by atoms with E-state index in [-0.39, 0.29) is 11.0 Å². The molecule has 1 aromatic rings. The number of aryl methyl sites for hydroxylation is 1. The van der Waals surface area contributed by atoms with Gasteiger partial charge in [-0.05, 0) is 56.9 Å². The van der Waals surface area contributed by atoms with E-state index in [1.165, 1.54) is 23.9 Å². The summed E-state index contributed by atoms with van der Waals surface area (Å²) in [6.45, 7) is 4.95. The molecule has 1 atom stereocenters. The molecule has 0 amide bonds. The van der Waals surface area contributed by atoms with Gasteiger partial charge in [0.25, 0.3) is 0 Å². The van der Waals surface area contributed by atoms with Crippen molar-refractivity contribution < 1.29 is 22.3 Å². The van der Waals surface area contributed by atoms with Gasteiger partial charge in [-0.25, -0.2) is 12.8 Å². The molecule has 23 heavy (non-hydrogen) atoms.